The zero-order valence-electron chi connectivity index (χ0n) is 13.3. The highest BCUT2D eigenvalue weighted by Gasteiger charge is 2.11. The summed E-state index contributed by atoms with van der Waals surface area (Å²) in [4.78, 5) is 0. The van der Waals surface area contributed by atoms with Gasteiger partial charge in [-0.1, -0.05) is 72.3 Å². The van der Waals surface area contributed by atoms with E-state index in [4.69, 9.17) is 11.6 Å². The number of benzene rings is 4. The van der Waals surface area contributed by atoms with Crippen LogP contribution >= 0.6 is 27.5 Å². The predicted octanol–water partition coefficient (Wildman–Crippen LogP) is 7.67. The Morgan fingerprint density at radius 1 is 0.720 bits per heavy atom. The van der Waals surface area contributed by atoms with Gasteiger partial charge in [-0.3, -0.25) is 0 Å². The number of rotatable bonds is 3. The first-order chi connectivity index (χ1) is 12.2. The summed E-state index contributed by atoms with van der Waals surface area (Å²) in [5, 5.41) is 6.75. The first-order valence-corrected chi connectivity index (χ1v) is 9.19. The first kappa shape index (κ1) is 16.2. The number of anilines is 2. The van der Waals surface area contributed by atoms with E-state index in [9.17, 15) is 0 Å². The second kappa shape index (κ2) is 6.91. The van der Waals surface area contributed by atoms with Gasteiger partial charge in [-0.2, -0.15) is 0 Å². The van der Waals surface area contributed by atoms with Crippen molar-refractivity contribution in [3.8, 4) is 11.1 Å². The predicted molar refractivity (Wildman–Crippen MR) is 112 cm³/mol. The minimum atomic E-state index is 0.741. The molecule has 4 rings (SSSR count). The van der Waals surface area contributed by atoms with Crippen LogP contribution in [0.5, 0.6) is 0 Å². The zero-order valence-corrected chi connectivity index (χ0v) is 15.7. The molecule has 0 saturated carbocycles. The summed E-state index contributed by atoms with van der Waals surface area (Å²) in [5.74, 6) is 0. The summed E-state index contributed by atoms with van der Waals surface area (Å²) in [6.07, 6.45) is 0. The number of nitrogens with one attached hydrogen (secondary N) is 1. The van der Waals surface area contributed by atoms with Gasteiger partial charge in [0.05, 0.1) is 11.4 Å². The molecule has 4 aromatic carbocycles. The van der Waals surface area contributed by atoms with Crippen LogP contribution in [0.1, 0.15) is 0 Å². The molecule has 1 nitrogen and oxygen atoms in total. The lowest BCUT2D eigenvalue weighted by atomic mass is 9.98. The normalized spacial score (nSPS) is 10.8. The second-order valence-corrected chi connectivity index (χ2v) is 7.11. The summed E-state index contributed by atoms with van der Waals surface area (Å²) >= 11 is 9.69. The van der Waals surface area contributed by atoms with Gasteiger partial charge < -0.3 is 5.32 Å². The number of hydrogen-bond donors (Lipinski definition) is 1. The molecule has 0 radical (unpaired) electrons. The van der Waals surface area contributed by atoms with Crippen LogP contribution in [-0.2, 0) is 0 Å². The summed E-state index contributed by atoms with van der Waals surface area (Å²) in [7, 11) is 0. The molecule has 0 aliphatic heterocycles. The van der Waals surface area contributed by atoms with Crippen molar-refractivity contribution in [2.24, 2.45) is 0 Å². The minimum Gasteiger partial charge on any atom is -0.354 e. The van der Waals surface area contributed by atoms with Gasteiger partial charge in [0.2, 0.25) is 0 Å². The third-order valence-corrected chi connectivity index (χ3v) is 5.16. The Labute approximate surface area is 160 Å². The molecule has 4 aromatic rings. The number of para-hydroxylation sites is 1. The van der Waals surface area contributed by atoms with Crippen LogP contribution in [0.25, 0.3) is 21.9 Å². The Hall–Kier alpha value is -2.29. The maximum absolute atomic E-state index is 6.06. The summed E-state index contributed by atoms with van der Waals surface area (Å²) < 4.78 is 1.03. The van der Waals surface area contributed by atoms with E-state index >= 15 is 0 Å². The second-order valence-electron chi connectivity index (χ2n) is 5.82. The molecule has 122 valence electrons. The van der Waals surface area contributed by atoms with E-state index in [1.807, 2.05) is 30.3 Å². The first-order valence-electron chi connectivity index (χ1n) is 8.01. The maximum Gasteiger partial charge on any atom is 0.0543 e. The standard InChI is InChI=1S/C22H15BrClN/c23-20-7-3-4-8-21(20)25-22-18-6-2-1-5-15(18)11-14-19(22)16-9-12-17(24)13-10-16/h1-14,25H. The molecule has 3 heteroatoms. The van der Waals surface area contributed by atoms with E-state index in [1.54, 1.807) is 0 Å². The highest BCUT2D eigenvalue weighted by atomic mass is 79.9. The summed E-state index contributed by atoms with van der Waals surface area (Å²) in [6.45, 7) is 0. The van der Waals surface area contributed by atoms with Gasteiger partial charge >= 0.3 is 0 Å². The van der Waals surface area contributed by atoms with Gasteiger partial charge in [0.1, 0.15) is 0 Å². The molecule has 0 unspecified atom stereocenters. The fraction of sp³-hybridized carbons (Fsp3) is 0. The molecule has 0 heterocycles. The maximum atomic E-state index is 6.06. The molecule has 0 aliphatic rings. The van der Waals surface area contributed by atoms with E-state index in [0.717, 1.165) is 32.0 Å². The van der Waals surface area contributed by atoms with Crippen molar-refractivity contribution in [2.75, 3.05) is 5.32 Å². The van der Waals surface area contributed by atoms with Gasteiger partial charge in [0.25, 0.3) is 0 Å². The monoisotopic (exact) mass is 407 g/mol. The highest BCUT2D eigenvalue weighted by molar-refractivity contribution is 9.10. The SMILES string of the molecule is Clc1ccc(-c2ccc3ccccc3c2Nc2ccccc2Br)cc1. The Kier molecular flexibility index (Phi) is 4.48. The smallest absolute Gasteiger partial charge is 0.0543 e. The lowest BCUT2D eigenvalue weighted by Gasteiger charge is -2.17. The lowest BCUT2D eigenvalue weighted by Crippen LogP contribution is -1.96. The molecule has 0 saturated heterocycles. The zero-order chi connectivity index (χ0) is 17.2. The molecule has 0 atom stereocenters. The average molecular weight is 409 g/mol. The molecule has 0 fully saturated rings. The number of halogens is 2. The molecular weight excluding hydrogens is 394 g/mol. The molecule has 0 aromatic heterocycles. The quantitative estimate of drug-likeness (QED) is 0.367. The van der Waals surface area contributed by atoms with E-state index in [-0.39, 0.29) is 0 Å². The van der Waals surface area contributed by atoms with Crippen molar-refractivity contribution < 1.29 is 0 Å². The minimum absolute atomic E-state index is 0.741. The Morgan fingerprint density at radius 2 is 1.44 bits per heavy atom. The Morgan fingerprint density at radius 3 is 2.24 bits per heavy atom. The number of hydrogen-bond acceptors (Lipinski definition) is 1. The summed E-state index contributed by atoms with van der Waals surface area (Å²) in [6, 6.07) is 28.8. The van der Waals surface area contributed by atoms with E-state index in [2.05, 4.69) is 75.8 Å². The van der Waals surface area contributed by atoms with Crippen LogP contribution in [0.4, 0.5) is 11.4 Å². The third kappa shape index (κ3) is 3.28. The van der Waals surface area contributed by atoms with Crippen LogP contribution in [0, 0.1) is 0 Å². The van der Waals surface area contributed by atoms with Crippen molar-refractivity contribution in [1.29, 1.82) is 0 Å². The molecule has 0 amide bonds. The van der Waals surface area contributed by atoms with Gasteiger partial charge in [0, 0.05) is 20.4 Å². The Bertz CT molecular complexity index is 1040. The lowest BCUT2D eigenvalue weighted by molar-refractivity contribution is 1.53. The fourth-order valence-corrected chi connectivity index (χ4v) is 3.48. The molecule has 0 spiro atoms. The van der Waals surface area contributed by atoms with Crippen LogP contribution in [0.3, 0.4) is 0 Å². The van der Waals surface area contributed by atoms with Crippen LogP contribution in [-0.4, -0.2) is 0 Å². The molecule has 0 aliphatic carbocycles. The van der Waals surface area contributed by atoms with Crippen molar-refractivity contribution in [2.45, 2.75) is 0 Å². The average Bonchev–Trinajstić information content (AvgIpc) is 2.65. The van der Waals surface area contributed by atoms with Gasteiger partial charge in [-0.15, -0.1) is 0 Å². The van der Waals surface area contributed by atoms with Gasteiger partial charge in [0.15, 0.2) is 0 Å². The largest absolute Gasteiger partial charge is 0.354 e. The molecule has 0 bridgehead atoms. The molecular formula is C22H15BrClN. The van der Waals surface area contributed by atoms with Crippen LogP contribution in [0.15, 0.2) is 89.4 Å². The van der Waals surface area contributed by atoms with Crippen molar-refractivity contribution >= 4 is 49.7 Å². The van der Waals surface area contributed by atoms with Gasteiger partial charge in [-0.05, 0) is 51.1 Å². The van der Waals surface area contributed by atoms with Gasteiger partial charge in [-0.25, -0.2) is 0 Å². The van der Waals surface area contributed by atoms with Crippen LogP contribution in [0.2, 0.25) is 5.02 Å². The van der Waals surface area contributed by atoms with Crippen molar-refractivity contribution in [1.82, 2.24) is 0 Å². The van der Waals surface area contributed by atoms with E-state index < -0.39 is 0 Å². The van der Waals surface area contributed by atoms with Crippen molar-refractivity contribution in [3.05, 3.63) is 94.4 Å². The summed E-state index contributed by atoms with van der Waals surface area (Å²) in [5.41, 5.74) is 4.40. The van der Waals surface area contributed by atoms with Crippen LogP contribution < -0.4 is 5.32 Å². The topological polar surface area (TPSA) is 12.0 Å². The van der Waals surface area contributed by atoms with E-state index in [0.29, 0.717) is 0 Å². The third-order valence-electron chi connectivity index (χ3n) is 4.22. The van der Waals surface area contributed by atoms with E-state index in [1.165, 1.54) is 10.8 Å². The highest BCUT2D eigenvalue weighted by Crippen LogP contribution is 2.38. The molecule has 25 heavy (non-hydrogen) atoms. The fourth-order valence-electron chi connectivity index (χ4n) is 2.97. The molecule has 1 N–H and O–H groups in total. The number of fused-ring (bicyclic) bond motifs is 1. The Balaban J connectivity index is 1.93. The van der Waals surface area contributed by atoms with Crippen molar-refractivity contribution in [3.63, 3.8) is 0 Å².